The molecule has 2 atom stereocenters. The SMILES string of the molecule is C.C.CC12C=CC(C)(C1)c1ccccc12. The molecule has 0 spiro atoms. The molecule has 3 rings (SSSR count). The van der Waals surface area contributed by atoms with Crippen molar-refractivity contribution in [1.82, 2.24) is 0 Å². The van der Waals surface area contributed by atoms with Gasteiger partial charge >= 0.3 is 0 Å². The van der Waals surface area contributed by atoms with E-state index in [4.69, 9.17) is 0 Å². The van der Waals surface area contributed by atoms with Crippen molar-refractivity contribution >= 4 is 0 Å². The van der Waals surface area contributed by atoms with Gasteiger partial charge in [0.1, 0.15) is 0 Å². The first-order valence-corrected chi connectivity index (χ1v) is 4.95. The molecule has 2 aliphatic carbocycles. The maximum atomic E-state index is 2.38. The van der Waals surface area contributed by atoms with Gasteiger partial charge in [-0.05, 0) is 17.5 Å². The minimum absolute atomic E-state index is 0. The molecule has 1 aromatic carbocycles. The summed E-state index contributed by atoms with van der Waals surface area (Å²) >= 11 is 0. The summed E-state index contributed by atoms with van der Waals surface area (Å²) in [6.45, 7) is 4.70. The van der Waals surface area contributed by atoms with E-state index in [-0.39, 0.29) is 14.9 Å². The Morgan fingerprint density at radius 3 is 1.67 bits per heavy atom. The number of benzene rings is 1. The Morgan fingerprint density at radius 1 is 0.867 bits per heavy atom. The van der Waals surface area contributed by atoms with E-state index in [9.17, 15) is 0 Å². The van der Waals surface area contributed by atoms with Crippen LogP contribution in [0.2, 0.25) is 0 Å². The monoisotopic (exact) mass is 202 g/mol. The lowest BCUT2D eigenvalue weighted by atomic mass is 9.84. The van der Waals surface area contributed by atoms with Crippen LogP contribution in [0.25, 0.3) is 0 Å². The molecule has 0 N–H and O–H groups in total. The predicted octanol–water partition coefficient (Wildman–Crippen LogP) is 4.45. The van der Waals surface area contributed by atoms with Crippen LogP contribution >= 0.6 is 0 Å². The van der Waals surface area contributed by atoms with E-state index in [2.05, 4.69) is 50.3 Å². The van der Waals surface area contributed by atoms with Gasteiger partial charge in [0.2, 0.25) is 0 Å². The van der Waals surface area contributed by atoms with Crippen molar-refractivity contribution in [3.05, 3.63) is 47.5 Å². The van der Waals surface area contributed by atoms with Crippen molar-refractivity contribution < 1.29 is 0 Å². The number of fused-ring (bicyclic) bond motifs is 5. The number of rotatable bonds is 0. The van der Waals surface area contributed by atoms with Gasteiger partial charge in [0.15, 0.2) is 0 Å². The van der Waals surface area contributed by atoms with Gasteiger partial charge in [-0.15, -0.1) is 0 Å². The predicted molar refractivity (Wildman–Crippen MR) is 68.4 cm³/mol. The Hall–Kier alpha value is -1.04. The second kappa shape index (κ2) is 3.23. The van der Waals surface area contributed by atoms with Crippen LogP contribution in [0.1, 0.15) is 46.2 Å². The molecule has 2 bridgehead atoms. The molecular weight excluding hydrogens is 180 g/mol. The lowest BCUT2D eigenvalue weighted by Gasteiger charge is -2.21. The van der Waals surface area contributed by atoms with Gasteiger partial charge in [0, 0.05) is 10.8 Å². The third kappa shape index (κ3) is 1.27. The fourth-order valence-corrected chi connectivity index (χ4v) is 3.10. The van der Waals surface area contributed by atoms with E-state index < -0.39 is 0 Å². The molecule has 0 saturated heterocycles. The van der Waals surface area contributed by atoms with Gasteiger partial charge in [-0.25, -0.2) is 0 Å². The van der Waals surface area contributed by atoms with Crippen molar-refractivity contribution in [3.63, 3.8) is 0 Å². The van der Waals surface area contributed by atoms with Gasteiger partial charge < -0.3 is 0 Å². The van der Waals surface area contributed by atoms with E-state index in [1.165, 1.54) is 6.42 Å². The average molecular weight is 202 g/mol. The van der Waals surface area contributed by atoms with Gasteiger partial charge in [-0.1, -0.05) is 65.1 Å². The van der Waals surface area contributed by atoms with E-state index in [0.717, 1.165) is 0 Å². The zero-order valence-corrected chi connectivity index (χ0v) is 8.17. The van der Waals surface area contributed by atoms with E-state index in [0.29, 0.717) is 10.8 Å². The third-order valence-electron chi connectivity index (χ3n) is 3.71. The Morgan fingerprint density at radius 2 is 1.27 bits per heavy atom. The molecule has 82 valence electrons. The van der Waals surface area contributed by atoms with Gasteiger partial charge in [0.25, 0.3) is 0 Å². The van der Waals surface area contributed by atoms with E-state index in [1.807, 2.05) is 0 Å². The van der Waals surface area contributed by atoms with Crippen molar-refractivity contribution in [3.8, 4) is 0 Å². The fourth-order valence-electron chi connectivity index (χ4n) is 3.10. The van der Waals surface area contributed by atoms with Crippen LogP contribution in [-0.4, -0.2) is 0 Å². The molecule has 0 aliphatic heterocycles. The first-order chi connectivity index (χ1) is 6.14. The molecule has 0 heteroatoms. The third-order valence-corrected chi connectivity index (χ3v) is 3.71. The molecule has 2 aliphatic rings. The standard InChI is InChI=1S/C13H14.2CH4/c1-12-7-8-13(2,9-12)11-6-4-3-5-10(11)12;;/h3-8H,9H2,1-2H3;2*1H4. The molecule has 0 amide bonds. The molecule has 0 saturated carbocycles. The van der Waals surface area contributed by atoms with E-state index in [1.54, 1.807) is 11.1 Å². The zero-order chi connectivity index (χ0) is 9.10. The van der Waals surface area contributed by atoms with Crippen LogP contribution in [-0.2, 0) is 10.8 Å². The summed E-state index contributed by atoms with van der Waals surface area (Å²) in [5, 5.41) is 0. The summed E-state index contributed by atoms with van der Waals surface area (Å²) in [4.78, 5) is 0. The number of hydrogen-bond acceptors (Lipinski definition) is 0. The van der Waals surface area contributed by atoms with Crippen molar-refractivity contribution in [2.24, 2.45) is 0 Å². The van der Waals surface area contributed by atoms with Gasteiger partial charge in [-0.2, -0.15) is 0 Å². The van der Waals surface area contributed by atoms with Crippen LogP contribution in [0, 0.1) is 0 Å². The lowest BCUT2D eigenvalue weighted by molar-refractivity contribution is 0.517. The molecular formula is C15H22. The maximum Gasteiger partial charge on any atom is 0.0118 e. The smallest absolute Gasteiger partial charge is 0.0118 e. The van der Waals surface area contributed by atoms with Crippen LogP contribution in [0.5, 0.6) is 0 Å². The first kappa shape index (κ1) is 12.0. The number of hydrogen-bond donors (Lipinski definition) is 0. The highest BCUT2D eigenvalue weighted by molar-refractivity contribution is 5.55. The highest BCUT2D eigenvalue weighted by Gasteiger charge is 2.48. The minimum atomic E-state index is 0. The molecule has 2 unspecified atom stereocenters. The Balaban J connectivity index is 0.000000562. The Labute approximate surface area is 94.0 Å². The van der Waals surface area contributed by atoms with Gasteiger partial charge in [0.05, 0.1) is 0 Å². The van der Waals surface area contributed by atoms with Crippen molar-refractivity contribution in [2.45, 2.75) is 46.0 Å². The molecule has 0 aromatic heterocycles. The molecule has 0 nitrogen and oxygen atoms in total. The molecule has 0 heterocycles. The summed E-state index contributed by atoms with van der Waals surface area (Å²) in [5.74, 6) is 0. The van der Waals surface area contributed by atoms with Crippen LogP contribution < -0.4 is 0 Å². The Bertz CT molecular complexity index is 365. The summed E-state index contributed by atoms with van der Waals surface area (Å²) in [5.41, 5.74) is 3.73. The summed E-state index contributed by atoms with van der Waals surface area (Å²) in [6, 6.07) is 8.87. The maximum absolute atomic E-state index is 2.38. The fraction of sp³-hybridized carbons (Fsp3) is 0.467. The first-order valence-electron chi connectivity index (χ1n) is 4.95. The number of allylic oxidation sites excluding steroid dienone is 2. The average Bonchev–Trinajstić information content (AvgIpc) is 2.55. The largest absolute Gasteiger partial charge is 0.0776 e. The summed E-state index contributed by atoms with van der Waals surface area (Å²) < 4.78 is 0. The highest BCUT2D eigenvalue weighted by atomic mass is 14.5. The van der Waals surface area contributed by atoms with Crippen LogP contribution in [0.4, 0.5) is 0 Å². The zero-order valence-electron chi connectivity index (χ0n) is 8.17. The second-order valence-corrected chi connectivity index (χ2v) is 4.89. The second-order valence-electron chi connectivity index (χ2n) is 4.89. The Kier molecular flexibility index (Phi) is 2.59. The van der Waals surface area contributed by atoms with Crippen LogP contribution in [0.3, 0.4) is 0 Å². The molecule has 0 radical (unpaired) electrons. The quantitative estimate of drug-likeness (QED) is 0.545. The molecule has 1 aromatic rings. The highest BCUT2D eigenvalue weighted by Crippen LogP contribution is 2.55. The van der Waals surface area contributed by atoms with Crippen molar-refractivity contribution in [1.29, 1.82) is 0 Å². The molecule has 15 heavy (non-hydrogen) atoms. The topological polar surface area (TPSA) is 0 Å². The normalized spacial score (nSPS) is 34.3. The van der Waals surface area contributed by atoms with Gasteiger partial charge in [-0.3, -0.25) is 0 Å². The molecule has 0 fully saturated rings. The minimum Gasteiger partial charge on any atom is -0.0776 e. The summed E-state index contributed by atoms with van der Waals surface area (Å²) in [7, 11) is 0. The van der Waals surface area contributed by atoms with Crippen molar-refractivity contribution in [2.75, 3.05) is 0 Å². The summed E-state index contributed by atoms with van der Waals surface area (Å²) in [6.07, 6.45) is 6.03. The van der Waals surface area contributed by atoms with E-state index >= 15 is 0 Å². The van der Waals surface area contributed by atoms with Crippen LogP contribution in [0.15, 0.2) is 36.4 Å². The lowest BCUT2D eigenvalue weighted by Crippen LogP contribution is -2.12.